The summed E-state index contributed by atoms with van der Waals surface area (Å²) in [6.07, 6.45) is 0. The number of carbonyl (C=O) groups is 1. The third-order valence-corrected chi connectivity index (χ3v) is 5.60. The highest BCUT2D eigenvalue weighted by Gasteiger charge is 2.30. The van der Waals surface area contributed by atoms with E-state index in [1.165, 1.54) is 0 Å². The summed E-state index contributed by atoms with van der Waals surface area (Å²) in [4.78, 5) is 12.5. The van der Waals surface area contributed by atoms with E-state index in [0.717, 1.165) is 32.4 Å². The third-order valence-electron chi connectivity index (χ3n) is 4.56. The van der Waals surface area contributed by atoms with Gasteiger partial charge in [0, 0.05) is 20.1 Å². The molecule has 4 rings (SSSR count). The van der Waals surface area contributed by atoms with Crippen LogP contribution >= 0.6 is 39.1 Å². The Morgan fingerprint density at radius 1 is 0.750 bits per heavy atom. The maximum atomic E-state index is 12.5. The van der Waals surface area contributed by atoms with Crippen molar-refractivity contribution in [2.45, 2.75) is 6.04 Å². The molecular formula is C22H15BrCl2N2O. The monoisotopic (exact) mass is 472 g/mol. The quantitative estimate of drug-likeness (QED) is 0.437. The molecule has 1 aliphatic rings. The summed E-state index contributed by atoms with van der Waals surface area (Å²) < 4.78 is 0.987. The van der Waals surface area contributed by atoms with Crippen molar-refractivity contribution >= 4 is 56.4 Å². The minimum absolute atomic E-state index is 0.259. The van der Waals surface area contributed by atoms with Crippen LogP contribution in [-0.2, 0) is 0 Å². The smallest absolute Gasteiger partial charge is 0.320 e. The van der Waals surface area contributed by atoms with E-state index < -0.39 is 0 Å². The molecule has 1 aliphatic heterocycles. The lowest BCUT2D eigenvalue weighted by Crippen LogP contribution is -2.42. The van der Waals surface area contributed by atoms with E-state index in [-0.39, 0.29) is 12.1 Å². The van der Waals surface area contributed by atoms with Crippen molar-refractivity contribution in [2.75, 3.05) is 0 Å². The highest BCUT2D eigenvalue weighted by atomic mass is 79.9. The Hall–Kier alpha value is -2.27. The van der Waals surface area contributed by atoms with E-state index in [1.54, 1.807) is 0 Å². The molecule has 28 heavy (non-hydrogen) atoms. The zero-order valence-electron chi connectivity index (χ0n) is 14.5. The van der Waals surface area contributed by atoms with Crippen LogP contribution in [-0.4, -0.2) is 6.03 Å². The maximum Gasteiger partial charge on any atom is 0.320 e. The molecule has 3 nitrogen and oxygen atoms in total. The van der Waals surface area contributed by atoms with E-state index in [0.29, 0.717) is 10.0 Å². The van der Waals surface area contributed by atoms with Crippen LogP contribution in [0.1, 0.15) is 22.7 Å². The molecule has 3 aromatic rings. The molecule has 0 aromatic heterocycles. The number of benzene rings is 3. The van der Waals surface area contributed by atoms with E-state index >= 15 is 0 Å². The Labute approximate surface area is 181 Å². The Kier molecular flexibility index (Phi) is 5.44. The van der Waals surface area contributed by atoms with Gasteiger partial charge in [0.15, 0.2) is 0 Å². The second-order valence-electron chi connectivity index (χ2n) is 6.39. The first-order valence-electron chi connectivity index (χ1n) is 8.60. The van der Waals surface area contributed by atoms with Gasteiger partial charge in [-0.15, -0.1) is 0 Å². The molecule has 6 heteroatoms. The highest BCUT2D eigenvalue weighted by molar-refractivity contribution is 9.10. The lowest BCUT2D eigenvalue weighted by atomic mass is 9.88. The van der Waals surface area contributed by atoms with Crippen molar-refractivity contribution in [1.29, 1.82) is 0 Å². The van der Waals surface area contributed by atoms with Crippen LogP contribution in [0.15, 0.2) is 77.3 Å². The second kappa shape index (κ2) is 8.00. The molecule has 0 spiro atoms. The second-order valence-corrected chi connectivity index (χ2v) is 8.17. The zero-order chi connectivity index (χ0) is 19.7. The average Bonchev–Trinajstić information content (AvgIpc) is 2.69. The van der Waals surface area contributed by atoms with Crippen LogP contribution in [0.4, 0.5) is 4.79 Å². The summed E-state index contributed by atoms with van der Waals surface area (Å²) in [5.74, 6) is 0. The van der Waals surface area contributed by atoms with Crippen molar-refractivity contribution in [1.82, 2.24) is 10.6 Å². The molecule has 3 aromatic carbocycles. The summed E-state index contributed by atoms with van der Waals surface area (Å²) in [6, 6.07) is 22.4. The molecule has 2 amide bonds. The SMILES string of the molecule is O=C1NC(c2ccc(Cl)cc2)=C(c2ccc(Br)cc2)C(c2ccc(Cl)cc2)N1. The third kappa shape index (κ3) is 3.95. The van der Waals surface area contributed by atoms with Crippen LogP contribution in [0.25, 0.3) is 11.3 Å². The molecule has 1 heterocycles. The molecule has 0 fully saturated rings. The zero-order valence-corrected chi connectivity index (χ0v) is 17.6. The van der Waals surface area contributed by atoms with Crippen LogP contribution in [0.5, 0.6) is 0 Å². The molecule has 0 bridgehead atoms. The fourth-order valence-corrected chi connectivity index (χ4v) is 3.77. The summed E-state index contributed by atoms with van der Waals surface area (Å²) in [5, 5.41) is 7.30. The molecule has 0 radical (unpaired) electrons. The number of hydrogen-bond donors (Lipinski definition) is 2. The minimum Gasteiger partial charge on any atom is -0.327 e. The number of urea groups is 1. The number of carbonyl (C=O) groups excluding carboxylic acids is 1. The van der Waals surface area contributed by atoms with Crippen molar-refractivity contribution in [3.05, 3.63) is 104 Å². The van der Waals surface area contributed by atoms with Crippen LogP contribution in [0.2, 0.25) is 10.0 Å². The first-order chi connectivity index (χ1) is 13.5. The predicted molar refractivity (Wildman–Crippen MR) is 118 cm³/mol. The predicted octanol–water partition coefficient (Wildman–Crippen LogP) is 6.68. The Morgan fingerprint density at radius 2 is 1.29 bits per heavy atom. The van der Waals surface area contributed by atoms with Gasteiger partial charge in [-0.1, -0.05) is 75.5 Å². The summed E-state index contributed by atoms with van der Waals surface area (Å²) in [6.45, 7) is 0. The highest BCUT2D eigenvalue weighted by Crippen LogP contribution is 2.38. The van der Waals surface area contributed by atoms with Gasteiger partial charge in [-0.3, -0.25) is 0 Å². The van der Waals surface area contributed by atoms with Crippen molar-refractivity contribution in [3.8, 4) is 0 Å². The Balaban J connectivity index is 1.94. The van der Waals surface area contributed by atoms with Crippen molar-refractivity contribution < 1.29 is 4.79 Å². The average molecular weight is 474 g/mol. The lowest BCUT2D eigenvalue weighted by Gasteiger charge is -2.31. The van der Waals surface area contributed by atoms with Crippen LogP contribution < -0.4 is 10.6 Å². The fourth-order valence-electron chi connectivity index (χ4n) is 3.25. The van der Waals surface area contributed by atoms with Crippen LogP contribution in [0.3, 0.4) is 0 Å². The van der Waals surface area contributed by atoms with E-state index in [2.05, 4.69) is 26.6 Å². The lowest BCUT2D eigenvalue weighted by molar-refractivity contribution is 0.242. The molecule has 0 saturated heterocycles. The molecule has 1 unspecified atom stereocenters. The number of hydrogen-bond acceptors (Lipinski definition) is 1. The maximum absolute atomic E-state index is 12.5. The molecule has 1 atom stereocenters. The van der Waals surface area contributed by atoms with Gasteiger partial charge in [-0.25, -0.2) is 4.79 Å². The number of amides is 2. The van der Waals surface area contributed by atoms with Gasteiger partial charge >= 0.3 is 6.03 Å². The van der Waals surface area contributed by atoms with Gasteiger partial charge in [0.05, 0.1) is 11.7 Å². The molecular weight excluding hydrogens is 459 g/mol. The number of nitrogens with one attached hydrogen (secondary N) is 2. The largest absolute Gasteiger partial charge is 0.327 e. The minimum atomic E-state index is -0.321. The molecule has 140 valence electrons. The number of rotatable bonds is 3. The summed E-state index contributed by atoms with van der Waals surface area (Å²) in [7, 11) is 0. The Morgan fingerprint density at radius 3 is 1.89 bits per heavy atom. The van der Waals surface area contributed by atoms with E-state index in [9.17, 15) is 4.79 Å². The van der Waals surface area contributed by atoms with Crippen molar-refractivity contribution in [3.63, 3.8) is 0 Å². The Bertz CT molecular complexity index is 1050. The van der Waals surface area contributed by atoms with Gasteiger partial charge in [-0.2, -0.15) is 0 Å². The standard InChI is InChI=1S/C22H15BrCl2N2O/c23-16-7-1-13(2-8-16)19-20(14-3-9-17(24)10-4-14)26-22(28)27-21(19)15-5-11-18(25)12-6-15/h1-12,20H,(H2,26,27,28). The van der Waals surface area contributed by atoms with Gasteiger partial charge in [0.2, 0.25) is 0 Å². The molecule has 0 saturated carbocycles. The molecule has 2 N–H and O–H groups in total. The summed E-state index contributed by atoms with van der Waals surface area (Å²) in [5.41, 5.74) is 4.56. The molecule has 0 aliphatic carbocycles. The number of halogens is 3. The van der Waals surface area contributed by atoms with Gasteiger partial charge in [0.25, 0.3) is 0 Å². The first kappa shape index (κ1) is 19.1. The summed E-state index contributed by atoms with van der Waals surface area (Å²) >= 11 is 15.6. The van der Waals surface area contributed by atoms with Crippen molar-refractivity contribution in [2.24, 2.45) is 0 Å². The van der Waals surface area contributed by atoms with Gasteiger partial charge in [-0.05, 0) is 53.1 Å². The topological polar surface area (TPSA) is 41.1 Å². The van der Waals surface area contributed by atoms with Gasteiger partial charge in [0.1, 0.15) is 0 Å². The van der Waals surface area contributed by atoms with E-state index in [1.807, 2.05) is 72.8 Å². The normalized spacial score (nSPS) is 16.5. The van der Waals surface area contributed by atoms with Gasteiger partial charge < -0.3 is 10.6 Å². The fraction of sp³-hybridized carbons (Fsp3) is 0.0455. The van der Waals surface area contributed by atoms with Crippen LogP contribution in [0, 0.1) is 0 Å². The first-order valence-corrected chi connectivity index (χ1v) is 10.2. The van der Waals surface area contributed by atoms with E-state index in [4.69, 9.17) is 23.2 Å².